The molecule has 1 unspecified atom stereocenters. The molecule has 1 aliphatic heterocycles. The Morgan fingerprint density at radius 3 is 1.88 bits per heavy atom. The average molecular weight is 836 g/mol. The number of ether oxygens (including phenoxy) is 4. The van der Waals surface area contributed by atoms with E-state index in [1.807, 2.05) is 126 Å². The molecule has 0 spiro atoms. The van der Waals surface area contributed by atoms with Crippen LogP contribution in [0.25, 0.3) is 0 Å². The largest absolute Gasteiger partial charge is 0.459 e. The Balaban J connectivity index is 1.06. The maximum absolute atomic E-state index is 13.2. The van der Waals surface area contributed by atoms with Crippen LogP contribution in [0.15, 0.2) is 139 Å². The van der Waals surface area contributed by atoms with Crippen molar-refractivity contribution in [1.82, 2.24) is 14.9 Å². The number of unbranched alkanes of at least 4 members (excludes halogenated alkanes) is 1. The minimum Gasteiger partial charge on any atom is -0.459 e. The van der Waals surface area contributed by atoms with Gasteiger partial charge in [-0.3, -0.25) is 14.9 Å². The van der Waals surface area contributed by atoms with Gasteiger partial charge in [-0.05, 0) is 60.4 Å². The zero-order chi connectivity index (χ0) is 41.6. The zero-order valence-corrected chi connectivity index (χ0v) is 34.2. The lowest BCUT2D eigenvalue weighted by Crippen LogP contribution is -2.42. The minimum absolute atomic E-state index is 0.0605. The van der Waals surface area contributed by atoms with Gasteiger partial charge in [0.05, 0.1) is 19.3 Å². The minimum atomic E-state index is -0.940. The predicted octanol–water partition coefficient (Wildman–Crippen LogP) is 8.16. The van der Waals surface area contributed by atoms with Gasteiger partial charge >= 0.3 is 18.2 Å². The number of anilines is 1. The van der Waals surface area contributed by atoms with Crippen molar-refractivity contribution < 1.29 is 42.4 Å². The molecule has 1 aromatic heterocycles. The van der Waals surface area contributed by atoms with Gasteiger partial charge in [0, 0.05) is 12.7 Å². The summed E-state index contributed by atoms with van der Waals surface area (Å²) in [6.07, 6.45) is 2.69. The number of nitrogens with one attached hydrogen (secondary N) is 2. The molecule has 6 rings (SSSR count). The van der Waals surface area contributed by atoms with Crippen molar-refractivity contribution in [1.29, 1.82) is 0 Å². The van der Waals surface area contributed by atoms with Crippen LogP contribution in [-0.2, 0) is 59.2 Å². The molecule has 5 aromatic rings. The van der Waals surface area contributed by atoms with Gasteiger partial charge in [-0.1, -0.05) is 121 Å². The lowest BCUT2D eigenvalue weighted by molar-refractivity contribution is -0.147. The second-order valence-electron chi connectivity index (χ2n) is 13.9. The number of benzene rings is 4. The van der Waals surface area contributed by atoms with Crippen LogP contribution in [0.1, 0.15) is 60.6 Å². The van der Waals surface area contributed by atoms with Crippen molar-refractivity contribution in [3.05, 3.63) is 161 Å². The number of esters is 1. The number of carbonyl (C=O) groups is 3. The van der Waals surface area contributed by atoms with Gasteiger partial charge in [-0.15, -0.1) is 0 Å². The summed E-state index contributed by atoms with van der Waals surface area (Å²) in [6.45, 7) is 1.41. The van der Waals surface area contributed by atoms with Crippen LogP contribution >= 0.6 is 9.03 Å². The third-order valence-electron chi connectivity index (χ3n) is 9.32. The Morgan fingerprint density at radius 2 is 1.27 bits per heavy atom. The van der Waals surface area contributed by atoms with E-state index in [1.54, 1.807) is 12.3 Å². The lowest BCUT2D eigenvalue weighted by atomic mass is 10.1. The van der Waals surface area contributed by atoms with Crippen molar-refractivity contribution >= 4 is 33.0 Å². The molecule has 60 heavy (non-hydrogen) atoms. The molecule has 0 saturated carbocycles. The first-order valence-corrected chi connectivity index (χ1v) is 20.7. The van der Waals surface area contributed by atoms with E-state index >= 15 is 0 Å². The van der Waals surface area contributed by atoms with Crippen LogP contribution in [0.5, 0.6) is 0 Å². The summed E-state index contributed by atoms with van der Waals surface area (Å²) >= 11 is 0. The van der Waals surface area contributed by atoms with Crippen LogP contribution in [0.4, 0.5) is 15.4 Å². The molecule has 1 aliphatic rings. The Labute approximate surface area is 351 Å². The normalized spacial score (nSPS) is 15.7. The highest BCUT2D eigenvalue weighted by Gasteiger charge is 2.28. The molecule has 0 radical (unpaired) electrons. The number of alkyl carbamates (subject to hydrolysis) is 1. The van der Waals surface area contributed by atoms with Gasteiger partial charge in [0.25, 0.3) is 0 Å². The molecule has 4 aromatic carbocycles. The van der Waals surface area contributed by atoms with Crippen molar-refractivity contribution in [2.45, 2.75) is 76.9 Å². The van der Waals surface area contributed by atoms with Crippen LogP contribution in [-0.4, -0.2) is 53.0 Å². The third kappa shape index (κ3) is 15.0. The SMILES string of the molecule is O=C(Nc1ccn([C@H]2CC[C@@H](COPOCc3ccccc3)O2)c(=NCCCC[C@H](NC(=O)OCc2ccccc2)C(=O)OCc2ccccc2)n1)OCc1ccccc1. The van der Waals surface area contributed by atoms with E-state index in [4.69, 9.17) is 33.0 Å². The highest BCUT2D eigenvalue weighted by Crippen LogP contribution is 2.29. The van der Waals surface area contributed by atoms with Gasteiger partial charge in [-0.2, -0.15) is 4.98 Å². The summed E-state index contributed by atoms with van der Waals surface area (Å²) in [5.74, 6) is -0.303. The monoisotopic (exact) mass is 835 g/mol. The van der Waals surface area contributed by atoms with Crippen molar-refractivity contribution in [3.63, 3.8) is 0 Å². The first kappa shape index (κ1) is 43.7. The molecule has 314 valence electrons. The molecule has 1 fully saturated rings. The van der Waals surface area contributed by atoms with E-state index < -0.39 is 24.2 Å². The van der Waals surface area contributed by atoms with E-state index in [0.29, 0.717) is 44.6 Å². The highest BCUT2D eigenvalue weighted by atomic mass is 31.1. The second kappa shape index (κ2) is 24.2. The molecule has 2 heterocycles. The number of rotatable bonds is 21. The zero-order valence-electron chi connectivity index (χ0n) is 33.2. The van der Waals surface area contributed by atoms with Crippen LogP contribution in [0, 0.1) is 0 Å². The van der Waals surface area contributed by atoms with E-state index in [1.165, 1.54) is 0 Å². The molecular formula is C45H50N5O9P. The fourth-order valence-electron chi connectivity index (χ4n) is 6.19. The van der Waals surface area contributed by atoms with Crippen molar-refractivity contribution in [2.75, 3.05) is 18.5 Å². The molecule has 0 bridgehead atoms. The van der Waals surface area contributed by atoms with Crippen molar-refractivity contribution in [2.24, 2.45) is 4.99 Å². The Kier molecular flexibility index (Phi) is 17.6. The van der Waals surface area contributed by atoms with Crippen LogP contribution < -0.4 is 16.3 Å². The molecule has 15 heteroatoms. The molecule has 2 amide bonds. The standard InChI is InChI=1S/C45H50N5O9P/c51-42(54-29-34-15-5-1-6-16-34)39(47-44(52)55-30-35-17-7-2-8-18-35)23-13-14-27-46-43-48-40(49-45(53)56-31-36-19-9-3-10-20-36)26-28-50(43)41-25-24-38(59-41)33-58-60-57-32-37-21-11-4-12-22-37/h1-12,15-22,26,28,38-39,41,60H,13-14,23-25,27,29-33H2,(H,47,52)(H,46,48,49,53)/t38-,39-,41+/m0/s1. The molecule has 0 aliphatic carbocycles. The number of aromatic nitrogens is 2. The topological polar surface area (TPSA) is 161 Å². The summed E-state index contributed by atoms with van der Waals surface area (Å²) in [4.78, 5) is 48.2. The molecule has 14 nitrogen and oxygen atoms in total. The third-order valence-corrected chi connectivity index (χ3v) is 9.87. The van der Waals surface area contributed by atoms with Crippen LogP contribution in [0.3, 0.4) is 0 Å². The van der Waals surface area contributed by atoms with Gasteiger partial charge < -0.3 is 33.3 Å². The predicted molar refractivity (Wildman–Crippen MR) is 225 cm³/mol. The van der Waals surface area contributed by atoms with Gasteiger partial charge in [0.15, 0.2) is 9.03 Å². The number of nitrogens with zero attached hydrogens (tertiary/aromatic N) is 3. The average Bonchev–Trinajstić information content (AvgIpc) is 3.76. The highest BCUT2D eigenvalue weighted by molar-refractivity contribution is 7.26. The summed E-state index contributed by atoms with van der Waals surface area (Å²) in [7, 11) is -0.122. The molecular weight excluding hydrogens is 785 g/mol. The Morgan fingerprint density at radius 1 is 0.700 bits per heavy atom. The first-order chi connectivity index (χ1) is 29.5. The maximum atomic E-state index is 13.2. The smallest absolute Gasteiger partial charge is 0.413 e. The fraction of sp³-hybridized carbons (Fsp3) is 0.311. The first-order valence-electron chi connectivity index (χ1n) is 19.9. The van der Waals surface area contributed by atoms with E-state index in [-0.39, 0.29) is 53.4 Å². The second-order valence-corrected chi connectivity index (χ2v) is 14.6. The van der Waals surface area contributed by atoms with Crippen molar-refractivity contribution in [3.8, 4) is 0 Å². The van der Waals surface area contributed by atoms with Gasteiger partial charge in [-0.25, -0.2) is 14.4 Å². The summed E-state index contributed by atoms with van der Waals surface area (Å²) < 4.78 is 36.1. The Bertz CT molecular complexity index is 2130. The molecule has 1 saturated heterocycles. The Hall–Kier alpha value is -5.92. The van der Waals surface area contributed by atoms with Crippen LogP contribution in [0.2, 0.25) is 0 Å². The number of amides is 2. The number of hydrogen-bond acceptors (Lipinski definition) is 11. The number of hydrogen-bond donors (Lipinski definition) is 2. The lowest BCUT2D eigenvalue weighted by Gasteiger charge is -2.18. The molecule has 4 atom stereocenters. The maximum Gasteiger partial charge on any atom is 0.413 e. The number of carbonyl (C=O) groups excluding carboxylic acids is 3. The van der Waals surface area contributed by atoms with Gasteiger partial charge in [0.2, 0.25) is 5.62 Å². The van der Waals surface area contributed by atoms with E-state index in [0.717, 1.165) is 28.7 Å². The van der Waals surface area contributed by atoms with Gasteiger partial charge in [0.1, 0.15) is 37.9 Å². The van der Waals surface area contributed by atoms with E-state index in [2.05, 4.69) is 15.6 Å². The summed E-state index contributed by atoms with van der Waals surface area (Å²) in [5.41, 5.74) is 3.93. The summed E-state index contributed by atoms with van der Waals surface area (Å²) in [6, 6.07) is 38.6. The quantitative estimate of drug-likeness (QED) is 0.0320. The summed E-state index contributed by atoms with van der Waals surface area (Å²) in [5, 5.41) is 5.39. The van der Waals surface area contributed by atoms with E-state index in [9.17, 15) is 14.4 Å². The molecule has 2 N–H and O–H groups in total. The fourth-order valence-corrected chi connectivity index (χ4v) is 6.75.